The lowest BCUT2D eigenvalue weighted by atomic mass is 9.89. The molecule has 0 spiro atoms. The summed E-state index contributed by atoms with van der Waals surface area (Å²) in [5.74, 6) is -1.60. The molecule has 2 aromatic rings. The van der Waals surface area contributed by atoms with Gasteiger partial charge in [0.15, 0.2) is 0 Å². The van der Waals surface area contributed by atoms with Crippen LogP contribution in [0.3, 0.4) is 0 Å². The topological polar surface area (TPSA) is 95.9 Å². The van der Waals surface area contributed by atoms with Crippen molar-refractivity contribution >= 4 is 18.0 Å². The minimum absolute atomic E-state index is 0.0516. The third-order valence-electron chi connectivity index (χ3n) is 7.62. The number of rotatable bonds is 7. The van der Waals surface area contributed by atoms with Crippen molar-refractivity contribution in [3.63, 3.8) is 0 Å². The molecule has 2 heterocycles. The quantitative estimate of drug-likeness (QED) is 0.644. The molecule has 178 valence electrons. The number of aliphatic carboxylic acids is 1. The number of carboxylic acids is 1. The summed E-state index contributed by atoms with van der Waals surface area (Å²) < 4.78 is 5.64. The summed E-state index contributed by atoms with van der Waals surface area (Å²) in [4.78, 5) is 39.4. The van der Waals surface area contributed by atoms with Crippen molar-refractivity contribution in [2.45, 2.75) is 63.1 Å². The van der Waals surface area contributed by atoms with Gasteiger partial charge in [-0.2, -0.15) is 0 Å². The van der Waals surface area contributed by atoms with Crippen LogP contribution in [0.1, 0.15) is 56.1 Å². The maximum absolute atomic E-state index is 13.4. The molecule has 2 aromatic carbocycles. The van der Waals surface area contributed by atoms with E-state index in [1.54, 1.807) is 4.90 Å². The summed E-state index contributed by atoms with van der Waals surface area (Å²) in [6, 6.07) is 15.2. The van der Waals surface area contributed by atoms with Gasteiger partial charge in [-0.25, -0.2) is 4.79 Å². The minimum Gasteiger partial charge on any atom is -0.481 e. The average Bonchev–Trinajstić information content (AvgIpc) is 3.52. The van der Waals surface area contributed by atoms with Crippen molar-refractivity contribution < 1.29 is 24.2 Å². The van der Waals surface area contributed by atoms with Crippen molar-refractivity contribution in [1.82, 2.24) is 10.2 Å². The molecular formula is C27H30N2O5. The molecule has 2 fully saturated rings. The zero-order valence-electron chi connectivity index (χ0n) is 19.3. The van der Waals surface area contributed by atoms with Crippen LogP contribution in [-0.4, -0.2) is 52.7 Å². The van der Waals surface area contributed by atoms with Gasteiger partial charge in [0, 0.05) is 18.0 Å². The summed E-state index contributed by atoms with van der Waals surface area (Å²) in [6.45, 7) is 2.14. The monoisotopic (exact) mass is 462 g/mol. The molecule has 0 unspecified atom stereocenters. The first-order valence-electron chi connectivity index (χ1n) is 12.2. The van der Waals surface area contributed by atoms with Gasteiger partial charge in [-0.1, -0.05) is 61.9 Å². The molecule has 0 aromatic heterocycles. The zero-order chi connectivity index (χ0) is 23.8. The maximum atomic E-state index is 13.4. The molecule has 3 aliphatic rings. The van der Waals surface area contributed by atoms with Gasteiger partial charge in [0.25, 0.3) is 0 Å². The lowest BCUT2D eigenvalue weighted by Gasteiger charge is -2.28. The highest BCUT2D eigenvalue weighted by molar-refractivity contribution is 5.88. The molecule has 4 atom stereocenters. The van der Waals surface area contributed by atoms with Gasteiger partial charge in [0.1, 0.15) is 12.6 Å². The van der Waals surface area contributed by atoms with Crippen molar-refractivity contribution in [3.8, 4) is 11.1 Å². The van der Waals surface area contributed by atoms with E-state index in [1.807, 2.05) is 31.2 Å². The fourth-order valence-electron chi connectivity index (χ4n) is 6.11. The van der Waals surface area contributed by atoms with E-state index in [2.05, 4.69) is 29.6 Å². The number of amides is 2. The molecule has 0 saturated carbocycles. The summed E-state index contributed by atoms with van der Waals surface area (Å²) in [5, 5.41) is 12.3. The third-order valence-corrected chi connectivity index (χ3v) is 7.62. The Bertz CT molecular complexity index is 1070. The molecule has 2 amide bonds. The van der Waals surface area contributed by atoms with E-state index in [0.29, 0.717) is 25.7 Å². The van der Waals surface area contributed by atoms with Crippen molar-refractivity contribution in [1.29, 1.82) is 0 Å². The molecule has 7 nitrogen and oxygen atoms in total. The second-order valence-electron chi connectivity index (χ2n) is 9.54. The molecule has 0 radical (unpaired) electrons. The highest BCUT2D eigenvalue weighted by atomic mass is 16.5. The second-order valence-corrected chi connectivity index (χ2v) is 9.54. The van der Waals surface area contributed by atoms with Gasteiger partial charge in [-0.05, 0) is 47.9 Å². The Morgan fingerprint density at radius 1 is 1.06 bits per heavy atom. The van der Waals surface area contributed by atoms with Crippen LogP contribution in [0.25, 0.3) is 11.1 Å². The van der Waals surface area contributed by atoms with E-state index in [1.165, 1.54) is 0 Å². The summed E-state index contributed by atoms with van der Waals surface area (Å²) >= 11 is 0. The van der Waals surface area contributed by atoms with Gasteiger partial charge in [-0.3, -0.25) is 9.59 Å². The first-order chi connectivity index (χ1) is 16.5. The second kappa shape index (κ2) is 9.12. The van der Waals surface area contributed by atoms with E-state index in [-0.39, 0.29) is 30.5 Å². The maximum Gasteiger partial charge on any atom is 0.407 e. The Kier molecular flexibility index (Phi) is 6.02. The fourth-order valence-corrected chi connectivity index (χ4v) is 6.11. The number of carbonyl (C=O) groups excluding carboxylic acids is 2. The van der Waals surface area contributed by atoms with Gasteiger partial charge < -0.3 is 20.1 Å². The number of alkyl carbamates (subject to hydrolysis) is 1. The fraction of sp³-hybridized carbons (Fsp3) is 0.444. The molecule has 2 bridgehead atoms. The molecule has 2 aliphatic heterocycles. The number of benzene rings is 2. The van der Waals surface area contributed by atoms with Gasteiger partial charge in [0.2, 0.25) is 5.91 Å². The number of hydrogen-bond acceptors (Lipinski definition) is 4. The van der Waals surface area contributed by atoms with Crippen LogP contribution >= 0.6 is 0 Å². The number of carboxylic acid groups (broad SMARTS) is 1. The van der Waals surface area contributed by atoms with Crippen LogP contribution < -0.4 is 5.32 Å². The van der Waals surface area contributed by atoms with Crippen LogP contribution in [-0.2, 0) is 14.3 Å². The highest BCUT2D eigenvalue weighted by Crippen LogP contribution is 2.45. The number of hydrogen-bond donors (Lipinski definition) is 2. The molecule has 34 heavy (non-hydrogen) atoms. The SMILES string of the molecule is CCC[C@H](NC(=O)OCC1c2ccccc2-c2ccccc21)C(=O)N1[C@@H]2CC[C@H]1[C@@H](C(=O)O)C2. The van der Waals surface area contributed by atoms with E-state index in [0.717, 1.165) is 28.7 Å². The number of nitrogens with zero attached hydrogens (tertiary/aromatic N) is 1. The van der Waals surface area contributed by atoms with Crippen molar-refractivity contribution in [3.05, 3.63) is 59.7 Å². The van der Waals surface area contributed by atoms with Crippen molar-refractivity contribution in [2.24, 2.45) is 5.92 Å². The first-order valence-corrected chi connectivity index (χ1v) is 12.2. The smallest absolute Gasteiger partial charge is 0.407 e. The largest absolute Gasteiger partial charge is 0.481 e. The molecule has 5 rings (SSSR count). The van der Waals surface area contributed by atoms with Crippen LogP contribution in [0.2, 0.25) is 0 Å². The van der Waals surface area contributed by atoms with Crippen LogP contribution in [0, 0.1) is 5.92 Å². The number of nitrogens with one attached hydrogen (secondary N) is 1. The van der Waals surface area contributed by atoms with Crippen LogP contribution in [0.15, 0.2) is 48.5 Å². The standard InChI is InChI=1S/C27H30N2O5/c1-2-7-23(25(30)29-16-12-13-24(29)21(14-16)26(31)32)28-27(33)34-15-22-19-10-5-3-8-17(19)18-9-4-6-11-20(18)22/h3-6,8-11,16,21-24H,2,7,12-15H2,1H3,(H,28,33)(H,31,32)/t16-,21+,23+,24+/m1/s1. The van der Waals surface area contributed by atoms with Gasteiger partial charge in [-0.15, -0.1) is 0 Å². The average molecular weight is 463 g/mol. The lowest BCUT2D eigenvalue weighted by molar-refractivity contribution is -0.143. The number of ether oxygens (including phenoxy) is 1. The zero-order valence-corrected chi connectivity index (χ0v) is 19.3. The summed E-state index contributed by atoms with van der Waals surface area (Å²) in [6.07, 6.45) is 2.61. The molecular weight excluding hydrogens is 432 g/mol. The predicted octanol–water partition coefficient (Wildman–Crippen LogP) is 4.16. The predicted molar refractivity (Wildman–Crippen MR) is 126 cm³/mol. The number of fused-ring (bicyclic) bond motifs is 5. The van der Waals surface area contributed by atoms with Gasteiger partial charge >= 0.3 is 12.1 Å². The Morgan fingerprint density at radius 2 is 1.71 bits per heavy atom. The van der Waals surface area contributed by atoms with E-state index >= 15 is 0 Å². The van der Waals surface area contributed by atoms with Gasteiger partial charge in [0.05, 0.1) is 5.92 Å². The summed E-state index contributed by atoms with van der Waals surface area (Å²) in [7, 11) is 0. The number of carbonyl (C=O) groups is 3. The van der Waals surface area contributed by atoms with Crippen LogP contribution in [0.5, 0.6) is 0 Å². The molecule has 2 N–H and O–H groups in total. The van der Waals surface area contributed by atoms with E-state index in [4.69, 9.17) is 4.74 Å². The first kappa shape index (κ1) is 22.4. The third kappa shape index (κ3) is 3.83. The van der Waals surface area contributed by atoms with Crippen molar-refractivity contribution in [2.75, 3.05) is 6.61 Å². The molecule has 1 aliphatic carbocycles. The van der Waals surface area contributed by atoms with Crippen LogP contribution in [0.4, 0.5) is 4.79 Å². The lowest BCUT2D eigenvalue weighted by Crippen LogP contribution is -2.51. The Balaban J connectivity index is 1.26. The summed E-state index contributed by atoms with van der Waals surface area (Å²) in [5.41, 5.74) is 4.57. The van der Waals surface area contributed by atoms with E-state index in [9.17, 15) is 19.5 Å². The highest BCUT2D eigenvalue weighted by Gasteiger charge is 2.52. The minimum atomic E-state index is -0.846. The normalized spacial score (nSPS) is 23.3. The molecule has 7 heteroatoms. The van der Waals surface area contributed by atoms with E-state index < -0.39 is 24.0 Å². The Morgan fingerprint density at radius 3 is 2.29 bits per heavy atom. The molecule has 2 saturated heterocycles. The Labute approximate surface area is 199 Å². The Hall–Kier alpha value is -3.35.